The topological polar surface area (TPSA) is 57.9 Å². The van der Waals surface area contributed by atoms with Crippen molar-refractivity contribution in [3.63, 3.8) is 0 Å². The van der Waals surface area contributed by atoms with Crippen LogP contribution in [0.5, 0.6) is 0 Å². The van der Waals surface area contributed by atoms with Crippen molar-refractivity contribution in [3.8, 4) is 6.07 Å². The van der Waals surface area contributed by atoms with Gasteiger partial charge in [-0.05, 0) is 6.08 Å². The van der Waals surface area contributed by atoms with Crippen LogP contribution >= 0.6 is 0 Å². The predicted octanol–water partition coefficient (Wildman–Crippen LogP) is 1.40. The average Bonchev–Trinajstić information content (AvgIpc) is 2.02. The van der Waals surface area contributed by atoms with Crippen molar-refractivity contribution in [2.45, 2.75) is 11.7 Å². The van der Waals surface area contributed by atoms with Gasteiger partial charge in [-0.3, -0.25) is 0 Å². The molecule has 1 atom stereocenters. The Morgan fingerprint density at radius 1 is 1.57 bits per heavy atom. The van der Waals surface area contributed by atoms with Crippen molar-refractivity contribution in [1.29, 1.82) is 5.26 Å². The first kappa shape index (κ1) is 10.9. The molecule has 0 radical (unpaired) electrons. The number of sulfone groups is 1. The highest BCUT2D eigenvalue weighted by molar-refractivity contribution is 7.92. The van der Waals surface area contributed by atoms with Gasteiger partial charge in [0.25, 0.3) is 0 Å². The number of hydrogen-bond donors (Lipinski definition) is 0. The summed E-state index contributed by atoms with van der Waals surface area (Å²) in [5.74, 6) is -2.47. The zero-order valence-corrected chi connectivity index (χ0v) is 7.89. The SMILES string of the molecule is N#CCS(=O)(=O)C1C=C(F)C=C(F)C1. The molecular formula is C8H7F2NO2S. The Hall–Kier alpha value is -1.22. The van der Waals surface area contributed by atoms with Gasteiger partial charge in [0, 0.05) is 12.5 Å². The van der Waals surface area contributed by atoms with Crippen LogP contribution in [0, 0.1) is 11.3 Å². The van der Waals surface area contributed by atoms with Gasteiger partial charge in [0.15, 0.2) is 9.84 Å². The van der Waals surface area contributed by atoms with E-state index in [1.807, 2.05) is 0 Å². The largest absolute Gasteiger partial charge is 0.227 e. The normalized spacial score (nSPS) is 22.2. The summed E-state index contributed by atoms with van der Waals surface area (Å²) in [5, 5.41) is 6.96. The van der Waals surface area contributed by atoms with Gasteiger partial charge in [-0.25, -0.2) is 17.2 Å². The fourth-order valence-electron chi connectivity index (χ4n) is 1.11. The van der Waals surface area contributed by atoms with E-state index in [2.05, 4.69) is 0 Å². The highest BCUT2D eigenvalue weighted by Gasteiger charge is 2.27. The molecule has 0 heterocycles. The molecule has 0 spiro atoms. The number of halogens is 2. The van der Waals surface area contributed by atoms with Crippen molar-refractivity contribution >= 4 is 9.84 Å². The van der Waals surface area contributed by atoms with Crippen LogP contribution in [0.2, 0.25) is 0 Å². The number of rotatable bonds is 2. The molecule has 1 aliphatic rings. The minimum absolute atomic E-state index is 0.391. The third-order valence-electron chi connectivity index (χ3n) is 1.76. The van der Waals surface area contributed by atoms with E-state index in [0.29, 0.717) is 6.08 Å². The molecule has 0 aromatic carbocycles. The van der Waals surface area contributed by atoms with Crippen molar-refractivity contribution in [2.24, 2.45) is 0 Å². The Labute approximate surface area is 80.3 Å². The van der Waals surface area contributed by atoms with E-state index in [-0.39, 0.29) is 0 Å². The fourth-order valence-corrected chi connectivity index (χ4v) is 2.26. The summed E-state index contributed by atoms with van der Waals surface area (Å²) >= 11 is 0. The van der Waals surface area contributed by atoms with Crippen molar-refractivity contribution in [3.05, 3.63) is 23.8 Å². The van der Waals surface area contributed by atoms with Gasteiger partial charge in [0.05, 0.1) is 11.3 Å². The van der Waals surface area contributed by atoms with Crippen LogP contribution in [0.15, 0.2) is 23.8 Å². The van der Waals surface area contributed by atoms with E-state index in [9.17, 15) is 17.2 Å². The summed E-state index contributed by atoms with van der Waals surface area (Å²) in [6, 6.07) is 1.45. The minimum Gasteiger partial charge on any atom is -0.227 e. The smallest absolute Gasteiger partial charge is 0.170 e. The number of nitriles is 1. The first-order chi connectivity index (χ1) is 6.45. The molecule has 0 N–H and O–H groups in total. The van der Waals surface area contributed by atoms with Gasteiger partial charge >= 0.3 is 0 Å². The zero-order chi connectivity index (χ0) is 10.8. The van der Waals surface area contributed by atoms with Gasteiger partial charge in [-0.2, -0.15) is 5.26 Å². The van der Waals surface area contributed by atoms with Crippen LogP contribution in [-0.2, 0) is 9.84 Å². The first-order valence-electron chi connectivity index (χ1n) is 3.77. The molecule has 76 valence electrons. The van der Waals surface area contributed by atoms with Crippen LogP contribution in [0.25, 0.3) is 0 Å². The van der Waals surface area contributed by atoms with Crippen molar-refractivity contribution < 1.29 is 17.2 Å². The van der Waals surface area contributed by atoms with Crippen molar-refractivity contribution in [1.82, 2.24) is 0 Å². The Morgan fingerprint density at radius 3 is 2.71 bits per heavy atom. The molecule has 1 unspecified atom stereocenters. The molecule has 0 aromatic rings. The second-order valence-electron chi connectivity index (χ2n) is 2.85. The number of allylic oxidation sites excluding steroid dienone is 3. The molecule has 0 fully saturated rings. The van der Waals surface area contributed by atoms with Crippen LogP contribution in [-0.4, -0.2) is 19.4 Å². The maximum Gasteiger partial charge on any atom is 0.170 e. The third-order valence-corrected chi connectivity index (χ3v) is 3.52. The lowest BCUT2D eigenvalue weighted by Gasteiger charge is -2.13. The number of nitrogens with zero attached hydrogens (tertiary/aromatic N) is 1. The van der Waals surface area contributed by atoms with Gasteiger partial charge in [-0.15, -0.1) is 0 Å². The number of hydrogen-bond acceptors (Lipinski definition) is 3. The Balaban J connectivity index is 2.95. The fraction of sp³-hybridized carbons (Fsp3) is 0.375. The zero-order valence-electron chi connectivity index (χ0n) is 7.07. The van der Waals surface area contributed by atoms with E-state index < -0.39 is 38.9 Å². The molecule has 6 heteroatoms. The van der Waals surface area contributed by atoms with Crippen LogP contribution in [0.3, 0.4) is 0 Å². The molecule has 0 saturated heterocycles. The summed E-state index contributed by atoms with van der Waals surface area (Å²) in [4.78, 5) is 0. The molecule has 14 heavy (non-hydrogen) atoms. The van der Waals surface area contributed by atoms with Crippen LogP contribution in [0.4, 0.5) is 8.78 Å². The van der Waals surface area contributed by atoms with Crippen LogP contribution in [0.1, 0.15) is 6.42 Å². The lowest BCUT2D eigenvalue weighted by atomic mass is 10.1. The second-order valence-corrected chi connectivity index (χ2v) is 5.07. The quantitative estimate of drug-likeness (QED) is 0.705. The summed E-state index contributed by atoms with van der Waals surface area (Å²) in [6.45, 7) is 0. The summed E-state index contributed by atoms with van der Waals surface area (Å²) in [6.07, 6.45) is 1.06. The predicted molar refractivity (Wildman–Crippen MR) is 46.2 cm³/mol. The lowest BCUT2D eigenvalue weighted by molar-refractivity contribution is 0.542. The molecule has 0 saturated carbocycles. The van der Waals surface area contributed by atoms with Gasteiger partial charge < -0.3 is 0 Å². The maximum absolute atomic E-state index is 12.7. The van der Waals surface area contributed by atoms with Crippen LogP contribution < -0.4 is 0 Å². The van der Waals surface area contributed by atoms with E-state index in [4.69, 9.17) is 5.26 Å². The Kier molecular flexibility index (Phi) is 3.01. The average molecular weight is 219 g/mol. The van der Waals surface area contributed by atoms with E-state index in [1.54, 1.807) is 0 Å². The third kappa shape index (κ3) is 2.39. The molecule has 0 aromatic heterocycles. The van der Waals surface area contributed by atoms with E-state index in [0.717, 1.165) is 6.08 Å². The monoisotopic (exact) mass is 219 g/mol. The molecule has 0 bridgehead atoms. The van der Waals surface area contributed by atoms with Gasteiger partial charge in [-0.1, -0.05) is 0 Å². The molecule has 3 nitrogen and oxygen atoms in total. The summed E-state index contributed by atoms with van der Waals surface area (Å²) < 4.78 is 47.8. The van der Waals surface area contributed by atoms with Crippen molar-refractivity contribution in [2.75, 3.05) is 5.75 Å². The van der Waals surface area contributed by atoms with Gasteiger partial charge in [0.2, 0.25) is 0 Å². The highest BCUT2D eigenvalue weighted by Crippen LogP contribution is 2.24. The summed E-state index contributed by atoms with van der Waals surface area (Å²) in [5.41, 5.74) is 0. The maximum atomic E-state index is 12.7. The first-order valence-corrected chi connectivity index (χ1v) is 5.49. The molecule has 1 aliphatic carbocycles. The lowest BCUT2D eigenvalue weighted by Crippen LogP contribution is -2.23. The highest BCUT2D eigenvalue weighted by atomic mass is 32.2. The second kappa shape index (κ2) is 3.88. The molecule has 1 rings (SSSR count). The molecular weight excluding hydrogens is 212 g/mol. The van der Waals surface area contributed by atoms with E-state index >= 15 is 0 Å². The standard InChI is InChI=1S/C8H7F2NO2S/c9-6-3-7(10)5-8(4-6)14(12,13)2-1-11/h3-4,8H,2,5H2. The minimum atomic E-state index is -3.76. The molecule has 0 aliphatic heterocycles. The summed E-state index contributed by atoms with van der Waals surface area (Å²) in [7, 11) is -3.76. The molecule has 0 amide bonds. The van der Waals surface area contributed by atoms with Gasteiger partial charge in [0.1, 0.15) is 17.4 Å². The Bertz CT molecular complexity index is 431. The Morgan fingerprint density at radius 2 is 2.21 bits per heavy atom. The van der Waals surface area contributed by atoms with E-state index in [1.165, 1.54) is 6.07 Å².